The fourth-order valence-corrected chi connectivity index (χ4v) is 1.81. The van der Waals surface area contributed by atoms with Gasteiger partial charge in [-0.1, -0.05) is 0 Å². The maximum atomic E-state index is 13.1. The largest absolute Gasteiger partial charge is 0.454 e. The van der Waals surface area contributed by atoms with Crippen molar-refractivity contribution in [1.29, 1.82) is 0 Å². The third-order valence-corrected chi connectivity index (χ3v) is 2.81. The molecule has 2 aromatic carbocycles. The highest BCUT2D eigenvalue weighted by Gasteiger charge is 2.15. The third-order valence-electron chi connectivity index (χ3n) is 2.81. The van der Waals surface area contributed by atoms with E-state index < -0.39 is 17.5 Å². The Bertz CT molecular complexity index is 688. The number of benzene rings is 2. The highest BCUT2D eigenvalue weighted by atomic mass is 19.2. The van der Waals surface area contributed by atoms with Crippen molar-refractivity contribution in [2.45, 2.75) is 0 Å². The average Bonchev–Trinajstić information content (AvgIpc) is 2.89. The van der Waals surface area contributed by atoms with Crippen LogP contribution in [0.15, 0.2) is 36.4 Å². The summed E-state index contributed by atoms with van der Waals surface area (Å²) in [5, 5.41) is 2.57. The van der Waals surface area contributed by atoms with E-state index in [0.29, 0.717) is 17.2 Å². The Morgan fingerprint density at radius 2 is 1.80 bits per heavy atom. The SMILES string of the molecule is O=C(Nc1ccc2c(c1)OCO2)c1ccc(F)c(F)c1. The van der Waals surface area contributed by atoms with E-state index in [1.54, 1.807) is 18.2 Å². The van der Waals surface area contributed by atoms with Crippen LogP contribution in [0.4, 0.5) is 14.5 Å². The van der Waals surface area contributed by atoms with Crippen LogP contribution in [0.3, 0.4) is 0 Å². The molecule has 4 nitrogen and oxygen atoms in total. The average molecular weight is 277 g/mol. The molecule has 1 amide bonds. The lowest BCUT2D eigenvalue weighted by Crippen LogP contribution is -2.12. The van der Waals surface area contributed by atoms with Gasteiger partial charge < -0.3 is 14.8 Å². The Morgan fingerprint density at radius 3 is 2.60 bits per heavy atom. The van der Waals surface area contributed by atoms with E-state index in [0.717, 1.165) is 12.1 Å². The number of ether oxygens (including phenoxy) is 2. The molecule has 102 valence electrons. The number of halogens is 2. The van der Waals surface area contributed by atoms with Gasteiger partial charge in [0.2, 0.25) is 6.79 Å². The number of fused-ring (bicyclic) bond motifs is 1. The first-order valence-corrected chi connectivity index (χ1v) is 5.79. The molecule has 0 atom stereocenters. The first-order valence-electron chi connectivity index (χ1n) is 5.79. The molecule has 0 spiro atoms. The number of rotatable bonds is 2. The summed E-state index contributed by atoms with van der Waals surface area (Å²) in [7, 11) is 0. The van der Waals surface area contributed by atoms with E-state index in [-0.39, 0.29) is 12.4 Å². The number of carbonyl (C=O) groups is 1. The second-order valence-electron chi connectivity index (χ2n) is 4.15. The highest BCUT2D eigenvalue weighted by Crippen LogP contribution is 2.34. The van der Waals surface area contributed by atoms with Crippen molar-refractivity contribution in [3.8, 4) is 11.5 Å². The third kappa shape index (κ3) is 2.27. The Labute approximate surface area is 112 Å². The first-order chi connectivity index (χ1) is 9.63. The molecule has 20 heavy (non-hydrogen) atoms. The van der Waals surface area contributed by atoms with Crippen molar-refractivity contribution in [2.24, 2.45) is 0 Å². The smallest absolute Gasteiger partial charge is 0.255 e. The maximum Gasteiger partial charge on any atom is 0.255 e. The molecule has 3 rings (SSSR count). The van der Waals surface area contributed by atoms with Gasteiger partial charge in [-0.15, -0.1) is 0 Å². The minimum absolute atomic E-state index is 0.0292. The summed E-state index contributed by atoms with van der Waals surface area (Å²) in [5.74, 6) is -1.49. The highest BCUT2D eigenvalue weighted by molar-refractivity contribution is 6.04. The van der Waals surface area contributed by atoms with Crippen molar-refractivity contribution in [3.63, 3.8) is 0 Å². The van der Waals surface area contributed by atoms with Crippen LogP contribution in [0.2, 0.25) is 0 Å². The maximum absolute atomic E-state index is 13.1. The van der Waals surface area contributed by atoms with Crippen molar-refractivity contribution >= 4 is 11.6 Å². The molecule has 0 fully saturated rings. The summed E-state index contributed by atoms with van der Waals surface area (Å²) in [4.78, 5) is 11.9. The van der Waals surface area contributed by atoms with Crippen LogP contribution in [0.1, 0.15) is 10.4 Å². The summed E-state index contributed by atoms with van der Waals surface area (Å²) in [6.07, 6.45) is 0. The molecule has 0 aromatic heterocycles. The number of hydrogen-bond donors (Lipinski definition) is 1. The van der Waals surface area contributed by atoms with E-state index in [9.17, 15) is 13.6 Å². The lowest BCUT2D eigenvalue weighted by atomic mass is 10.2. The molecular weight excluding hydrogens is 268 g/mol. The zero-order valence-corrected chi connectivity index (χ0v) is 10.2. The van der Waals surface area contributed by atoms with E-state index >= 15 is 0 Å². The molecule has 1 heterocycles. The molecule has 0 radical (unpaired) electrons. The molecular formula is C14H9F2NO3. The normalized spacial score (nSPS) is 12.3. The lowest BCUT2D eigenvalue weighted by Gasteiger charge is -2.06. The molecule has 0 saturated heterocycles. The van der Waals surface area contributed by atoms with Gasteiger partial charge in [-0.3, -0.25) is 4.79 Å². The first kappa shape index (κ1) is 12.4. The molecule has 1 aliphatic heterocycles. The topological polar surface area (TPSA) is 47.6 Å². The van der Waals surface area contributed by atoms with Gasteiger partial charge in [0, 0.05) is 17.3 Å². The van der Waals surface area contributed by atoms with Crippen LogP contribution < -0.4 is 14.8 Å². The molecule has 1 aliphatic rings. The number of anilines is 1. The van der Waals surface area contributed by atoms with E-state index in [1.807, 2.05) is 0 Å². The van der Waals surface area contributed by atoms with Crippen molar-refractivity contribution in [1.82, 2.24) is 0 Å². The number of hydrogen-bond acceptors (Lipinski definition) is 3. The zero-order valence-electron chi connectivity index (χ0n) is 10.2. The van der Waals surface area contributed by atoms with E-state index in [4.69, 9.17) is 9.47 Å². The molecule has 0 saturated carbocycles. The van der Waals surface area contributed by atoms with Gasteiger partial charge in [0.15, 0.2) is 23.1 Å². The van der Waals surface area contributed by atoms with Gasteiger partial charge in [0.1, 0.15) is 0 Å². The Hall–Kier alpha value is -2.63. The van der Waals surface area contributed by atoms with Crippen LogP contribution in [0, 0.1) is 11.6 Å². The Kier molecular flexibility index (Phi) is 2.98. The Balaban J connectivity index is 1.80. The number of carbonyl (C=O) groups excluding carboxylic acids is 1. The van der Waals surface area contributed by atoms with Crippen LogP contribution in [-0.2, 0) is 0 Å². The van der Waals surface area contributed by atoms with Gasteiger partial charge in [0.25, 0.3) is 5.91 Å². The van der Waals surface area contributed by atoms with Gasteiger partial charge in [-0.2, -0.15) is 0 Å². The van der Waals surface area contributed by atoms with Crippen LogP contribution in [0.5, 0.6) is 11.5 Å². The lowest BCUT2D eigenvalue weighted by molar-refractivity contribution is 0.102. The van der Waals surface area contributed by atoms with Crippen LogP contribution in [-0.4, -0.2) is 12.7 Å². The van der Waals surface area contributed by atoms with Gasteiger partial charge in [0.05, 0.1) is 0 Å². The predicted octanol–water partition coefficient (Wildman–Crippen LogP) is 2.95. The summed E-state index contributed by atoms with van der Waals surface area (Å²) in [6.45, 7) is 0.135. The molecule has 0 aliphatic carbocycles. The second-order valence-corrected chi connectivity index (χ2v) is 4.15. The van der Waals surface area contributed by atoms with Crippen molar-refractivity contribution < 1.29 is 23.0 Å². The predicted molar refractivity (Wildman–Crippen MR) is 66.9 cm³/mol. The summed E-state index contributed by atoms with van der Waals surface area (Å²) >= 11 is 0. The van der Waals surface area contributed by atoms with Gasteiger partial charge in [-0.05, 0) is 30.3 Å². The van der Waals surface area contributed by atoms with E-state index in [2.05, 4.69) is 5.32 Å². The minimum atomic E-state index is -1.07. The quantitative estimate of drug-likeness (QED) is 0.918. The summed E-state index contributed by atoms with van der Waals surface area (Å²) in [5.41, 5.74) is 0.505. The molecule has 6 heteroatoms. The molecule has 0 bridgehead atoms. The fourth-order valence-electron chi connectivity index (χ4n) is 1.81. The molecule has 0 unspecified atom stereocenters. The minimum Gasteiger partial charge on any atom is -0.454 e. The number of amides is 1. The fraction of sp³-hybridized carbons (Fsp3) is 0.0714. The summed E-state index contributed by atoms with van der Waals surface area (Å²) in [6, 6.07) is 7.84. The van der Waals surface area contributed by atoms with Gasteiger partial charge in [-0.25, -0.2) is 8.78 Å². The van der Waals surface area contributed by atoms with Gasteiger partial charge >= 0.3 is 0 Å². The standard InChI is InChI=1S/C14H9F2NO3/c15-10-3-1-8(5-11(10)16)14(18)17-9-2-4-12-13(6-9)20-7-19-12/h1-6H,7H2,(H,17,18). The van der Waals surface area contributed by atoms with Crippen molar-refractivity contribution in [3.05, 3.63) is 53.6 Å². The Morgan fingerprint density at radius 1 is 1.00 bits per heavy atom. The molecule has 1 N–H and O–H groups in total. The number of nitrogens with one attached hydrogen (secondary N) is 1. The van der Waals surface area contributed by atoms with Crippen LogP contribution >= 0.6 is 0 Å². The molecule has 2 aromatic rings. The van der Waals surface area contributed by atoms with E-state index in [1.165, 1.54) is 6.07 Å². The monoisotopic (exact) mass is 277 g/mol. The van der Waals surface area contributed by atoms with Crippen molar-refractivity contribution in [2.75, 3.05) is 12.1 Å². The summed E-state index contributed by atoms with van der Waals surface area (Å²) < 4.78 is 36.2. The zero-order chi connectivity index (χ0) is 14.1. The van der Waals surface area contributed by atoms with Crippen LogP contribution in [0.25, 0.3) is 0 Å². The second kappa shape index (κ2) is 4.80.